The maximum Gasteiger partial charge on any atom is 0.306 e. The van der Waals surface area contributed by atoms with Crippen LogP contribution in [0.1, 0.15) is 317 Å². The van der Waals surface area contributed by atoms with Gasteiger partial charge in [-0.1, -0.05) is 278 Å². The molecule has 0 amide bonds. The summed E-state index contributed by atoms with van der Waals surface area (Å²) in [7, 11) is 0. The van der Waals surface area contributed by atoms with Gasteiger partial charge in [-0.25, -0.2) is 0 Å². The van der Waals surface area contributed by atoms with Gasteiger partial charge in [0.15, 0.2) is 6.10 Å². The lowest BCUT2D eigenvalue weighted by molar-refractivity contribution is -0.167. The molecule has 0 aliphatic carbocycles. The molecule has 0 rings (SSSR count). The molecular formula is C56H108O6. The third-order valence-corrected chi connectivity index (χ3v) is 12.8. The van der Waals surface area contributed by atoms with E-state index >= 15 is 0 Å². The van der Waals surface area contributed by atoms with Crippen molar-refractivity contribution < 1.29 is 28.6 Å². The molecule has 0 fully saturated rings. The Hall–Kier alpha value is -1.59. The van der Waals surface area contributed by atoms with E-state index in [1.165, 1.54) is 212 Å². The number of carbonyl (C=O) groups excluding carboxylic acids is 3. The van der Waals surface area contributed by atoms with Gasteiger partial charge in [-0.15, -0.1) is 0 Å². The van der Waals surface area contributed by atoms with Gasteiger partial charge in [-0.2, -0.15) is 0 Å². The van der Waals surface area contributed by atoms with E-state index in [0.29, 0.717) is 19.3 Å². The third-order valence-electron chi connectivity index (χ3n) is 12.8. The van der Waals surface area contributed by atoms with E-state index in [9.17, 15) is 14.4 Å². The minimum atomic E-state index is -0.761. The SMILES string of the molecule is CCCCCCCCCCCCCCCC(=O)OC[C@H](COC(=O)CCCCCCCCCCCCCC)OC(=O)CCCCCCCCCCCCCCCCCCC(C)C. The maximum atomic E-state index is 12.8. The Morgan fingerprint density at radius 2 is 0.532 bits per heavy atom. The van der Waals surface area contributed by atoms with Crippen LogP contribution in [-0.2, 0) is 28.6 Å². The van der Waals surface area contributed by atoms with E-state index in [1.807, 2.05) is 0 Å². The first-order valence-electron chi connectivity index (χ1n) is 27.9. The van der Waals surface area contributed by atoms with Gasteiger partial charge in [0, 0.05) is 19.3 Å². The van der Waals surface area contributed by atoms with Crippen LogP contribution in [0.15, 0.2) is 0 Å². The van der Waals surface area contributed by atoms with Gasteiger partial charge < -0.3 is 14.2 Å². The number of rotatable bonds is 51. The summed E-state index contributed by atoms with van der Waals surface area (Å²) in [4.78, 5) is 38.0. The topological polar surface area (TPSA) is 78.9 Å². The van der Waals surface area contributed by atoms with E-state index in [1.54, 1.807) is 0 Å². The average molecular weight is 877 g/mol. The van der Waals surface area contributed by atoms with Gasteiger partial charge in [0.1, 0.15) is 13.2 Å². The first-order chi connectivity index (χ1) is 30.4. The minimum Gasteiger partial charge on any atom is -0.462 e. The summed E-state index contributed by atoms with van der Waals surface area (Å²) in [5.41, 5.74) is 0. The molecule has 0 aromatic heterocycles. The van der Waals surface area contributed by atoms with Gasteiger partial charge in [0.25, 0.3) is 0 Å². The predicted molar refractivity (Wildman–Crippen MR) is 266 cm³/mol. The third kappa shape index (κ3) is 49.4. The molecule has 0 N–H and O–H groups in total. The molecule has 6 heteroatoms. The molecular weight excluding hydrogens is 769 g/mol. The minimum absolute atomic E-state index is 0.0620. The van der Waals surface area contributed by atoms with E-state index in [4.69, 9.17) is 14.2 Å². The van der Waals surface area contributed by atoms with Crippen molar-refractivity contribution in [1.82, 2.24) is 0 Å². The Bertz CT molecular complexity index is 933. The Labute approximate surface area is 387 Å². The van der Waals surface area contributed by atoms with Crippen LogP contribution >= 0.6 is 0 Å². The molecule has 0 aliphatic heterocycles. The summed E-state index contributed by atoms with van der Waals surface area (Å²) >= 11 is 0. The lowest BCUT2D eigenvalue weighted by Crippen LogP contribution is -2.30. The fourth-order valence-electron chi connectivity index (χ4n) is 8.57. The summed E-state index contributed by atoms with van der Waals surface area (Å²) in [5, 5.41) is 0. The highest BCUT2D eigenvalue weighted by Gasteiger charge is 2.19. The smallest absolute Gasteiger partial charge is 0.306 e. The second kappa shape index (κ2) is 50.4. The number of hydrogen-bond donors (Lipinski definition) is 0. The van der Waals surface area contributed by atoms with Crippen LogP contribution < -0.4 is 0 Å². The van der Waals surface area contributed by atoms with Crippen molar-refractivity contribution in [2.45, 2.75) is 323 Å². The van der Waals surface area contributed by atoms with Gasteiger partial charge in [0.2, 0.25) is 0 Å². The molecule has 62 heavy (non-hydrogen) atoms. The average Bonchev–Trinajstić information content (AvgIpc) is 3.26. The van der Waals surface area contributed by atoms with Crippen molar-refractivity contribution in [2.75, 3.05) is 13.2 Å². The summed E-state index contributed by atoms with van der Waals surface area (Å²) < 4.78 is 16.8. The summed E-state index contributed by atoms with van der Waals surface area (Å²) in [5.74, 6) is 0.0136. The fourth-order valence-corrected chi connectivity index (χ4v) is 8.57. The maximum absolute atomic E-state index is 12.8. The van der Waals surface area contributed by atoms with E-state index < -0.39 is 6.10 Å². The van der Waals surface area contributed by atoms with Crippen LogP contribution in [0.5, 0.6) is 0 Å². The number of carbonyl (C=O) groups is 3. The Morgan fingerprint density at radius 1 is 0.306 bits per heavy atom. The largest absolute Gasteiger partial charge is 0.462 e. The molecule has 0 aromatic carbocycles. The summed E-state index contributed by atoms with van der Waals surface area (Å²) in [6.45, 7) is 9.06. The first kappa shape index (κ1) is 60.4. The van der Waals surface area contributed by atoms with Crippen molar-refractivity contribution in [3.63, 3.8) is 0 Å². The Balaban J connectivity index is 4.27. The molecule has 0 saturated carbocycles. The van der Waals surface area contributed by atoms with Crippen molar-refractivity contribution >= 4 is 17.9 Å². The first-order valence-corrected chi connectivity index (χ1v) is 27.9. The molecule has 0 aliphatic rings. The highest BCUT2D eigenvalue weighted by Crippen LogP contribution is 2.18. The van der Waals surface area contributed by atoms with E-state index in [2.05, 4.69) is 27.7 Å². The Morgan fingerprint density at radius 3 is 0.790 bits per heavy atom. The van der Waals surface area contributed by atoms with E-state index in [-0.39, 0.29) is 31.1 Å². The number of unbranched alkanes of at least 4 members (excludes halogenated alkanes) is 38. The standard InChI is InChI=1S/C56H108O6/c1-5-7-9-11-13-15-17-23-28-32-36-40-44-48-55(58)61-51-53(50-60-54(57)47-43-39-35-31-27-18-16-14-12-10-8-6-2)62-56(59)49-45-41-37-33-29-25-22-20-19-21-24-26-30-34-38-42-46-52(3)4/h52-53H,5-51H2,1-4H3/t53-/m0/s1. The normalized spacial score (nSPS) is 12.0. The second-order valence-corrected chi connectivity index (χ2v) is 19.7. The molecule has 1 atom stereocenters. The quantitative estimate of drug-likeness (QED) is 0.0344. The predicted octanol–water partition coefficient (Wildman–Crippen LogP) is 18.2. The second-order valence-electron chi connectivity index (χ2n) is 19.7. The summed E-state index contributed by atoms with van der Waals surface area (Å²) in [6.07, 6.45) is 53.7. The molecule has 368 valence electrons. The van der Waals surface area contributed by atoms with Gasteiger partial charge in [0.05, 0.1) is 0 Å². The fraction of sp³-hybridized carbons (Fsp3) is 0.946. The number of esters is 3. The van der Waals surface area contributed by atoms with Crippen LogP contribution in [0.3, 0.4) is 0 Å². The van der Waals surface area contributed by atoms with Crippen molar-refractivity contribution in [1.29, 1.82) is 0 Å². The Kier molecular flexibility index (Phi) is 49.1. The van der Waals surface area contributed by atoms with Crippen molar-refractivity contribution in [3.05, 3.63) is 0 Å². The molecule has 6 nitrogen and oxygen atoms in total. The number of ether oxygens (including phenoxy) is 3. The van der Waals surface area contributed by atoms with Gasteiger partial charge in [-0.05, 0) is 25.2 Å². The van der Waals surface area contributed by atoms with Crippen LogP contribution in [0.25, 0.3) is 0 Å². The molecule has 0 bridgehead atoms. The monoisotopic (exact) mass is 877 g/mol. The molecule has 0 spiro atoms. The lowest BCUT2D eigenvalue weighted by atomic mass is 10.0. The molecule has 0 aromatic rings. The zero-order valence-corrected chi connectivity index (χ0v) is 42.3. The molecule has 0 heterocycles. The highest BCUT2D eigenvalue weighted by atomic mass is 16.6. The zero-order valence-electron chi connectivity index (χ0n) is 42.3. The van der Waals surface area contributed by atoms with Gasteiger partial charge >= 0.3 is 17.9 Å². The molecule has 0 radical (unpaired) electrons. The van der Waals surface area contributed by atoms with E-state index in [0.717, 1.165) is 63.7 Å². The van der Waals surface area contributed by atoms with Crippen molar-refractivity contribution in [3.8, 4) is 0 Å². The van der Waals surface area contributed by atoms with Crippen LogP contribution in [-0.4, -0.2) is 37.2 Å². The summed E-state index contributed by atoms with van der Waals surface area (Å²) in [6, 6.07) is 0. The zero-order chi connectivity index (χ0) is 45.2. The number of hydrogen-bond acceptors (Lipinski definition) is 6. The molecule has 0 saturated heterocycles. The van der Waals surface area contributed by atoms with Crippen LogP contribution in [0.4, 0.5) is 0 Å². The lowest BCUT2D eigenvalue weighted by Gasteiger charge is -2.18. The van der Waals surface area contributed by atoms with Crippen LogP contribution in [0.2, 0.25) is 0 Å². The van der Waals surface area contributed by atoms with Gasteiger partial charge in [-0.3, -0.25) is 14.4 Å². The van der Waals surface area contributed by atoms with Crippen molar-refractivity contribution in [2.24, 2.45) is 5.92 Å². The van der Waals surface area contributed by atoms with Crippen LogP contribution in [0, 0.1) is 5.92 Å². The highest BCUT2D eigenvalue weighted by molar-refractivity contribution is 5.71. The molecule has 0 unspecified atom stereocenters.